The molecule has 0 aromatic heterocycles. The third kappa shape index (κ3) is 5.89. The molecule has 0 saturated heterocycles. The van der Waals surface area contributed by atoms with Crippen molar-refractivity contribution in [3.05, 3.63) is 76.2 Å². The van der Waals surface area contributed by atoms with Gasteiger partial charge in [0, 0.05) is 16.6 Å². The lowest BCUT2D eigenvalue weighted by molar-refractivity contribution is -0.126. The van der Waals surface area contributed by atoms with Gasteiger partial charge < -0.3 is 5.32 Å². The van der Waals surface area contributed by atoms with Crippen LogP contribution in [0.1, 0.15) is 69.0 Å². The van der Waals surface area contributed by atoms with Crippen molar-refractivity contribution in [2.24, 2.45) is 5.11 Å². The van der Waals surface area contributed by atoms with E-state index >= 15 is 0 Å². The number of hydrogen-bond donors (Lipinski definition) is 1. The zero-order chi connectivity index (χ0) is 22.9. The number of nitrogens with zero attached hydrogens (tertiary/aromatic N) is 4. The van der Waals surface area contributed by atoms with Gasteiger partial charge in [0.05, 0.1) is 0 Å². The van der Waals surface area contributed by atoms with E-state index < -0.39 is 11.9 Å². The Morgan fingerprint density at radius 2 is 1.66 bits per heavy atom. The minimum Gasteiger partial charge on any atom is -0.351 e. The molecule has 2 amide bonds. The lowest BCUT2D eigenvalue weighted by atomic mass is 9.94. The molecule has 7 nitrogen and oxygen atoms in total. The molecule has 1 aliphatic carbocycles. The van der Waals surface area contributed by atoms with Crippen molar-refractivity contribution in [1.29, 1.82) is 0 Å². The second kappa shape index (κ2) is 11.3. The second-order valence-corrected chi connectivity index (χ2v) is 8.56. The van der Waals surface area contributed by atoms with E-state index in [1.54, 1.807) is 12.1 Å². The highest BCUT2D eigenvalue weighted by atomic mass is 16.2. The summed E-state index contributed by atoms with van der Waals surface area (Å²) in [4.78, 5) is 31.0. The molecule has 2 aromatic carbocycles. The largest absolute Gasteiger partial charge is 0.351 e. The van der Waals surface area contributed by atoms with Crippen LogP contribution in [-0.2, 0) is 9.59 Å². The Bertz CT molecular complexity index is 946. The molecule has 0 bridgehead atoms. The fraction of sp³-hybridized carbons (Fsp3) is 0.440. The Balaban J connectivity index is 2.02. The Hall–Kier alpha value is -3.31. The predicted molar refractivity (Wildman–Crippen MR) is 126 cm³/mol. The SMILES string of the molecule is CC(C)c1ccc([C@H](C(=O)NC2CCCCC2)N(C(=O)CN=[N+]=[N-])c2ccccc2)cc1. The third-order valence-electron chi connectivity index (χ3n) is 5.95. The summed E-state index contributed by atoms with van der Waals surface area (Å²) >= 11 is 0. The molecular formula is C25H31N5O2. The number of carbonyl (C=O) groups excluding carboxylic acids is 2. The predicted octanol–water partition coefficient (Wildman–Crippen LogP) is 5.64. The smallest absolute Gasteiger partial charge is 0.248 e. The van der Waals surface area contributed by atoms with Gasteiger partial charge in [-0.15, -0.1) is 0 Å². The first-order chi connectivity index (χ1) is 15.5. The van der Waals surface area contributed by atoms with Crippen LogP contribution in [0.5, 0.6) is 0 Å². The quantitative estimate of drug-likeness (QED) is 0.331. The highest BCUT2D eigenvalue weighted by molar-refractivity contribution is 6.02. The lowest BCUT2D eigenvalue weighted by Crippen LogP contribution is -2.48. The van der Waals surface area contributed by atoms with Crippen LogP contribution < -0.4 is 10.2 Å². The fourth-order valence-electron chi connectivity index (χ4n) is 4.20. The summed E-state index contributed by atoms with van der Waals surface area (Å²) in [5.41, 5.74) is 11.2. The van der Waals surface area contributed by atoms with Crippen LogP contribution in [0.15, 0.2) is 59.7 Å². The van der Waals surface area contributed by atoms with Crippen LogP contribution in [-0.4, -0.2) is 24.4 Å². The maximum Gasteiger partial charge on any atom is 0.248 e. The highest BCUT2D eigenvalue weighted by Gasteiger charge is 2.33. The molecular weight excluding hydrogens is 402 g/mol. The van der Waals surface area contributed by atoms with Gasteiger partial charge in [-0.25, -0.2) is 0 Å². The maximum absolute atomic E-state index is 13.6. The van der Waals surface area contributed by atoms with Crippen molar-refractivity contribution in [3.63, 3.8) is 0 Å². The number of amides is 2. The van der Waals surface area contributed by atoms with E-state index in [-0.39, 0.29) is 18.5 Å². The summed E-state index contributed by atoms with van der Waals surface area (Å²) in [6.07, 6.45) is 5.27. The molecule has 2 aromatic rings. The van der Waals surface area contributed by atoms with Gasteiger partial charge in [-0.1, -0.05) is 80.7 Å². The van der Waals surface area contributed by atoms with Gasteiger partial charge in [0.2, 0.25) is 11.8 Å². The standard InChI is InChI=1S/C25H31N5O2/c1-18(2)19-13-15-20(16-14-19)24(25(32)28-21-9-5-3-6-10-21)30(23(31)17-27-29-26)22-11-7-4-8-12-22/h4,7-8,11-16,18,21,24H,3,5-6,9-10,17H2,1-2H3,(H,28,32)/t24-/m1/s1. The van der Waals surface area contributed by atoms with Gasteiger partial charge in [0.25, 0.3) is 0 Å². The van der Waals surface area contributed by atoms with Crippen molar-refractivity contribution < 1.29 is 9.59 Å². The van der Waals surface area contributed by atoms with Gasteiger partial charge in [-0.2, -0.15) is 0 Å². The first kappa shape index (κ1) is 23.4. The van der Waals surface area contributed by atoms with Crippen LogP contribution in [0.3, 0.4) is 0 Å². The van der Waals surface area contributed by atoms with Crippen molar-refractivity contribution in [1.82, 2.24) is 5.32 Å². The summed E-state index contributed by atoms with van der Waals surface area (Å²) in [7, 11) is 0. The van der Waals surface area contributed by atoms with Gasteiger partial charge in [0.1, 0.15) is 12.6 Å². The summed E-state index contributed by atoms with van der Waals surface area (Å²) in [6, 6.07) is 16.2. The summed E-state index contributed by atoms with van der Waals surface area (Å²) in [5, 5.41) is 6.64. The van der Waals surface area contributed by atoms with E-state index in [1.165, 1.54) is 11.3 Å². The molecule has 0 radical (unpaired) electrons. The average molecular weight is 434 g/mol. The topological polar surface area (TPSA) is 98.2 Å². The summed E-state index contributed by atoms with van der Waals surface area (Å²) in [5.74, 6) is -0.284. The van der Waals surface area contributed by atoms with Crippen molar-refractivity contribution >= 4 is 17.5 Å². The lowest BCUT2D eigenvalue weighted by Gasteiger charge is -2.33. The zero-order valence-electron chi connectivity index (χ0n) is 18.8. The van der Waals surface area contributed by atoms with Crippen LogP contribution in [0.4, 0.5) is 5.69 Å². The summed E-state index contributed by atoms with van der Waals surface area (Å²) in [6.45, 7) is 3.87. The molecule has 0 aliphatic heterocycles. The number of carbonyl (C=O) groups is 2. The molecule has 0 heterocycles. The van der Waals surface area contributed by atoms with Crippen LogP contribution in [0.2, 0.25) is 0 Å². The third-order valence-corrected chi connectivity index (χ3v) is 5.95. The number of nitrogens with one attached hydrogen (secondary N) is 1. The molecule has 3 rings (SSSR count). The monoisotopic (exact) mass is 433 g/mol. The molecule has 1 fully saturated rings. The van der Waals surface area contributed by atoms with Gasteiger partial charge in [-0.05, 0) is 47.6 Å². The van der Waals surface area contributed by atoms with Crippen LogP contribution >= 0.6 is 0 Å². The number of para-hydroxylation sites is 1. The molecule has 1 atom stereocenters. The van der Waals surface area contributed by atoms with Gasteiger partial charge in [-0.3, -0.25) is 14.5 Å². The molecule has 0 unspecified atom stereocenters. The van der Waals surface area contributed by atoms with E-state index in [9.17, 15) is 9.59 Å². The molecule has 168 valence electrons. The Morgan fingerprint density at radius 3 is 2.25 bits per heavy atom. The first-order valence-corrected chi connectivity index (χ1v) is 11.3. The van der Waals surface area contributed by atoms with E-state index in [1.807, 2.05) is 42.5 Å². The molecule has 32 heavy (non-hydrogen) atoms. The Morgan fingerprint density at radius 1 is 1.03 bits per heavy atom. The van der Waals surface area contributed by atoms with Gasteiger partial charge in [0.15, 0.2) is 0 Å². The Kier molecular flexibility index (Phi) is 8.28. The van der Waals surface area contributed by atoms with E-state index in [0.29, 0.717) is 11.6 Å². The number of rotatable bonds is 8. The average Bonchev–Trinajstić information content (AvgIpc) is 2.82. The normalized spacial score (nSPS) is 15.0. The number of hydrogen-bond acceptors (Lipinski definition) is 3. The van der Waals surface area contributed by atoms with Crippen molar-refractivity contribution in [3.8, 4) is 0 Å². The maximum atomic E-state index is 13.6. The molecule has 1 saturated carbocycles. The molecule has 1 aliphatic rings. The molecule has 7 heteroatoms. The van der Waals surface area contributed by atoms with Crippen molar-refractivity contribution in [2.75, 3.05) is 11.4 Å². The Labute approximate surface area is 189 Å². The zero-order valence-corrected chi connectivity index (χ0v) is 18.8. The first-order valence-electron chi connectivity index (χ1n) is 11.3. The van der Waals surface area contributed by atoms with Crippen LogP contribution in [0.25, 0.3) is 10.4 Å². The van der Waals surface area contributed by atoms with E-state index in [0.717, 1.165) is 36.8 Å². The number of anilines is 1. The number of benzene rings is 2. The molecule has 1 N–H and O–H groups in total. The highest BCUT2D eigenvalue weighted by Crippen LogP contribution is 2.30. The molecule has 0 spiro atoms. The summed E-state index contributed by atoms with van der Waals surface area (Å²) < 4.78 is 0. The second-order valence-electron chi connectivity index (χ2n) is 8.56. The van der Waals surface area contributed by atoms with E-state index in [4.69, 9.17) is 5.53 Å². The number of azide groups is 1. The minimum atomic E-state index is -0.859. The van der Waals surface area contributed by atoms with E-state index in [2.05, 4.69) is 29.2 Å². The van der Waals surface area contributed by atoms with Crippen LogP contribution in [0, 0.1) is 0 Å². The van der Waals surface area contributed by atoms with Gasteiger partial charge >= 0.3 is 0 Å². The fourth-order valence-corrected chi connectivity index (χ4v) is 4.20. The van der Waals surface area contributed by atoms with Crippen molar-refractivity contribution in [2.45, 2.75) is 64.0 Å². The minimum absolute atomic E-state index is 0.110.